The number of nitrogens with zero attached hydrogens (tertiary/aromatic N) is 1. The number of likely N-dealkylation sites (tertiary alicyclic amines) is 1. The van der Waals surface area contributed by atoms with Crippen LogP contribution in [0.3, 0.4) is 0 Å². The summed E-state index contributed by atoms with van der Waals surface area (Å²) in [5.41, 5.74) is 0. The standard InChI is InChI=1S/C12H20N2O4/c1-14-7-8(6-9(14)12(16)17-2)13-11(15)10-4-3-5-18-10/h8-10H,3-7H2,1-2H3,(H,13,15)/t8-,9+,10+/m1/s1. The number of hydrogen-bond donors (Lipinski definition) is 1. The molecule has 0 aliphatic carbocycles. The zero-order valence-electron chi connectivity index (χ0n) is 10.8. The van der Waals surface area contributed by atoms with Crippen molar-refractivity contribution in [2.75, 3.05) is 27.3 Å². The topological polar surface area (TPSA) is 67.9 Å². The third kappa shape index (κ3) is 2.81. The molecule has 0 bridgehead atoms. The highest BCUT2D eigenvalue weighted by molar-refractivity contribution is 5.82. The lowest BCUT2D eigenvalue weighted by Crippen LogP contribution is -2.42. The van der Waals surface area contributed by atoms with E-state index in [-0.39, 0.29) is 30.1 Å². The molecular formula is C12H20N2O4. The van der Waals surface area contributed by atoms with Gasteiger partial charge in [-0.3, -0.25) is 14.5 Å². The predicted molar refractivity (Wildman–Crippen MR) is 64.0 cm³/mol. The van der Waals surface area contributed by atoms with Crippen molar-refractivity contribution in [2.45, 2.75) is 37.5 Å². The van der Waals surface area contributed by atoms with Crippen LogP contribution < -0.4 is 5.32 Å². The number of likely N-dealkylation sites (N-methyl/N-ethyl adjacent to an activating group) is 1. The Morgan fingerprint density at radius 1 is 1.44 bits per heavy atom. The molecule has 102 valence electrons. The summed E-state index contributed by atoms with van der Waals surface area (Å²) in [6.45, 7) is 1.33. The highest BCUT2D eigenvalue weighted by Gasteiger charge is 2.37. The summed E-state index contributed by atoms with van der Waals surface area (Å²) in [6, 6.07) is -0.263. The molecule has 0 unspecified atom stereocenters. The van der Waals surface area contributed by atoms with Gasteiger partial charge < -0.3 is 14.8 Å². The molecule has 0 aromatic rings. The van der Waals surface area contributed by atoms with Crippen molar-refractivity contribution < 1.29 is 19.1 Å². The Morgan fingerprint density at radius 3 is 2.83 bits per heavy atom. The smallest absolute Gasteiger partial charge is 0.323 e. The van der Waals surface area contributed by atoms with Crippen molar-refractivity contribution in [3.8, 4) is 0 Å². The second-order valence-electron chi connectivity index (χ2n) is 4.92. The molecule has 6 heteroatoms. The van der Waals surface area contributed by atoms with Gasteiger partial charge >= 0.3 is 5.97 Å². The predicted octanol–water partition coefficient (Wildman–Crippen LogP) is -0.473. The molecule has 3 atom stereocenters. The lowest BCUT2D eigenvalue weighted by Gasteiger charge is -2.16. The number of carbonyl (C=O) groups excluding carboxylic acids is 2. The number of esters is 1. The molecular weight excluding hydrogens is 236 g/mol. The number of rotatable bonds is 3. The van der Waals surface area contributed by atoms with Crippen molar-refractivity contribution in [3.05, 3.63) is 0 Å². The molecule has 2 aliphatic rings. The van der Waals surface area contributed by atoms with Crippen LogP contribution in [0, 0.1) is 0 Å². The lowest BCUT2D eigenvalue weighted by atomic mass is 10.1. The van der Waals surface area contributed by atoms with Gasteiger partial charge in [0.1, 0.15) is 12.1 Å². The molecule has 2 aliphatic heterocycles. The van der Waals surface area contributed by atoms with Gasteiger partial charge in [0.15, 0.2) is 0 Å². The van der Waals surface area contributed by atoms with Gasteiger partial charge in [-0.05, 0) is 26.3 Å². The van der Waals surface area contributed by atoms with Gasteiger partial charge in [-0.15, -0.1) is 0 Å². The molecule has 0 spiro atoms. The maximum Gasteiger partial charge on any atom is 0.323 e. The minimum Gasteiger partial charge on any atom is -0.468 e. The Labute approximate surface area is 107 Å². The van der Waals surface area contributed by atoms with Crippen LogP contribution in [-0.4, -0.2) is 62.3 Å². The number of nitrogens with one attached hydrogen (secondary N) is 1. The molecule has 2 heterocycles. The summed E-state index contributed by atoms with van der Waals surface area (Å²) in [5.74, 6) is -0.303. The van der Waals surface area contributed by atoms with E-state index in [1.54, 1.807) is 0 Å². The second kappa shape index (κ2) is 5.67. The quantitative estimate of drug-likeness (QED) is 0.691. The minimum atomic E-state index is -0.313. The van der Waals surface area contributed by atoms with E-state index in [1.165, 1.54) is 7.11 Å². The molecule has 6 nitrogen and oxygen atoms in total. The first-order chi connectivity index (χ1) is 8.61. The fourth-order valence-electron chi connectivity index (χ4n) is 2.59. The molecule has 0 aromatic heterocycles. The summed E-state index contributed by atoms with van der Waals surface area (Å²) in [7, 11) is 3.24. The Balaban J connectivity index is 1.84. The Bertz CT molecular complexity index is 328. The Kier molecular flexibility index (Phi) is 4.19. The van der Waals surface area contributed by atoms with Crippen LogP contribution in [0.2, 0.25) is 0 Å². The van der Waals surface area contributed by atoms with Crippen LogP contribution in [0.1, 0.15) is 19.3 Å². The van der Waals surface area contributed by atoms with Crippen molar-refractivity contribution in [3.63, 3.8) is 0 Å². The Morgan fingerprint density at radius 2 is 2.22 bits per heavy atom. The molecule has 1 N–H and O–H groups in total. The molecule has 0 radical (unpaired) electrons. The first-order valence-corrected chi connectivity index (χ1v) is 6.32. The van der Waals surface area contributed by atoms with Gasteiger partial charge in [-0.2, -0.15) is 0 Å². The number of carbonyl (C=O) groups is 2. The third-order valence-corrected chi connectivity index (χ3v) is 3.59. The highest BCUT2D eigenvalue weighted by Crippen LogP contribution is 2.18. The normalized spacial score (nSPS) is 32.4. The van der Waals surface area contributed by atoms with E-state index < -0.39 is 0 Å². The molecule has 0 saturated carbocycles. The molecule has 2 rings (SSSR count). The van der Waals surface area contributed by atoms with Crippen LogP contribution in [0.5, 0.6) is 0 Å². The van der Waals surface area contributed by atoms with E-state index in [0.717, 1.165) is 12.8 Å². The monoisotopic (exact) mass is 256 g/mol. The van der Waals surface area contributed by atoms with Crippen LogP contribution in [0.4, 0.5) is 0 Å². The fourth-order valence-corrected chi connectivity index (χ4v) is 2.59. The van der Waals surface area contributed by atoms with E-state index in [9.17, 15) is 9.59 Å². The number of ether oxygens (including phenoxy) is 2. The van der Waals surface area contributed by atoms with Crippen LogP contribution in [0.15, 0.2) is 0 Å². The first-order valence-electron chi connectivity index (χ1n) is 6.32. The average molecular weight is 256 g/mol. The SMILES string of the molecule is COC(=O)[C@@H]1C[C@@H](NC(=O)[C@@H]2CCCO2)CN1C. The van der Waals surface area contributed by atoms with Crippen LogP contribution in [-0.2, 0) is 19.1 Å². The number of amides is 1. The van der Waals surface area contributed by atoms with Gasteiger partial charge in [0.2, 0.25) is 5.91 Å². The summed E-state index contributed by atoms with van der Waals surface area (Å²) < 4.78 is 10.1. The van der Waals surface area contributed by atoms with Gasteiger partial charge in [0.25, 0.3) is 0 Å². The lowest BCUT2D eigenvalue weighted by molar-refractivity contribution is -0.145. The molecule has 1 amide bonds. The van der Waals surface area contributed by atoms with E-state index in [2.05, 4.69) is 5.32 Å². The maximum atomic E-state index is 11.9. The largest absolute Gasteiger partial charge is 0.468 e. The second-order valence-corrected chi connectivity index (χ2v) is 4.92. The first kappa shape index (κ1) is 13.3. The summed E-state index contributed by atoms with van der Waals surface area (Å²) in [5, 5.41) is 2.95. The summed E-state index contributed by atoms with van der Waals surface area (Å²) >= 11 is 0. The van der Waals surface area contributed by atoms with Gasteiger partial charge in [-0.1, -0.05) is 0 Å². The zero-order valence-corrected chi connectivity index (χ0v) is 10.8. The van der Waals surface area contributed by atoms with Gasteiger partial charge in [0, 0.05) is 19.2 Å². The summed E-state index contributed by atoms with van der Waals surface area (Å²) in [4.78, 5) is 25.3. The third-order valence-electron chi connectivity index (χ3n) is 3.59. The molecule has 0 aromatic carbocycles. The minimum absolute atomic E-state index is 0.00389. The highest BCUT2D eigenvalue weighted by atomic mass is 16.5. The van der Waals surface area contributed by atoms with Crippen molar-refractivity contribution >= 4 is 11.9 Å². The Hall–Kier alpha value is -1.14. The molecule has 18 heavy (non-hydrogen) atoms. The zero-order chi connectivity index (χ0) is 13.1. The maximum absolute atomic E-state index is 11.9. The van der Waals surface area contributed by atoms with Crippen LogP contribution in [0.25, 0.3) is 0 Å². The molecule has 2 fully saturated rings. The van der Waals surface area contributed by atoms with E-state index in [4.69, 9.17) is 9.47 Å². The van der Waals surface area contributed by atoms with Gasteiger partial charge in [0.05, 0.1) is 7.11 Å². The number of methoxy groups -OCH3 is 1. The van der Waals surface area contributed by atoms with Crippen LogP contribution >= 0.6 is 0 Å². The van der Waals surface area contributed by atoms with E-state index in [0.29, 0.717) is 19.6 Å². The van der Waals surface area contributed by atoms with E-state index in [1.807, 2.05) is 11.9 Å². The summed E-state index contributed by atoms with van der Waals surface area (Å²) in [6.07, 6.45) is 2.01. The van der Waals surface area contributed by atoms with E-state index >= 15 is 0 Å². The van der Waals surface area contributed by atoms with Crippen molar-refractivity contribution in [2.24, 2.45) is 0 Å². The van der Waals surface area contributed by atoms with Crippen molar-refractivity contribution in [1.82, 2.24) is 10.2 Å². The fraction of sp³-hybridized carbons (Fsp3) is 0.833. The molecule has 2 saturated heterocycles. The number of hydrogen-bond acceptors (Lipinski definition) is 5. The van der Waals surface area contributed by atoms with Gasteiger partial charge in [-0.25, -0.2) is 0 Å². The average Bonchev–Trinajstić information content (AvgIpc) is 2.97. The van der Waals surface area contributed by atoms with Crippen molar-refractivity contribution in [1.29, 1.82) is 0 Å².